The van der Waals surface area contributed by atoms with Gasteiger partial charge in [-0.25, -0.2) is 9.37 Å². The van der Waals surface area contributed by atoms with E-state index < -0.39 is 23.5 Å². The molecule has 0 radical (unpaired) electrons. The summed E-state index contributed by atoms with van der Waals surface area (Å²) in [5, 5.41) is 11.3. The van der Waals surface area contributed by atoms with Crippen LogP contribution in [0.5, 0.6) is 5.75 Å². The van der Waals surface area contributed by atoms with E-state index in [0.717, 1.165) is 11.3 Å². The van der Waals surface area contributed by atoms with Crippen molar-refractivity contribution in [2.45, 2.75) is 6.04 Å². The van der Waals surface area contributed by atoms with Crippen molar-refractivity contribution in [2.75, 3.05) is 12.0 Å². The monoisotopic (exact) mass is 460 g/mol. The maximum atomic E-state index is 13.7. The summed E-state index contributed by atoms with van der Waals surface area (Å²) in [5.41, 5.74) is 1.43. The normalized spacial score (nSPS) is 17.6. The predicted molar refractivity (Wildman–Crippen MR) is 124 cm³/mol. The highest BCUT2D eigenvalue weighted by Crippen LogP contribution is 2.44. The van der Waals surface area contributed by atoms with Gasteiger partial charge in [0.05, 0.1) is 28.9 Å². The highest BCUT2D eigenvalue weighted by molar-refractivity contribution is 7.22. The van der Waals surface area contributed by atoms with Gasteiger partial charge in [-0.2, -0.15) is 0 Å². The lowest BCUT2D eigenvalue weighted by Gasteiger charge is -2.23. The topological polar surface area (TPSA) is 79.7 Å². The molecule has 4 aromatic rings. The Morgan fingerprint density at radius 3 is 2.61 bits per heavy atom. The molecule has 1 N–H and O–H groups in total. The largest absolute Gasteiger partial charge is 0.507 e. The second kappa shape index (κ2) is 8.14. The fourth-order valence-corrected chi connectivity index (χ4v) is 4.91. The van der Waals surface area contributed by atoms with Crippen LogP contribution < -0.4 is 9.64 Å². The van der Waals surface area contributed by atoms with Gasteiger partial charge in [0.1, 0.15) is 17.3 Å². The maximum Gasteiger partial charge on any atom is 0.301 e. The van der Waals surface area contributed by atoms with Gasteiger partial charge in [-0.1, -0.05) is 53.8 Å². The Kier molecular flexibility index (Phi) is 5.14. The molecule has 0 bridgehead atoms. The summed E-state index contributed by atoms with van der Waals surface area (Å²) in [6.07, 6.45) is 0. The van der Waals surface area contributed by atoms with Crippen molar-refractivity contribution in [3.05, 3.63) is 95.3 Å². The van der Waals surface area contributed by atoms with Crippen LogP contribution in [-0.4, -0.2) is 28.9 Å². The van der Waals surface area contributed by atoms with E-state index >= 15 is 0 Å². The molecule has 0 spiro atoms. The fraction of sp³-hybridized carbons (Fsp3) is 0.0800. The van der Waals surface area contributed by atoms with E-state index in [1.54, 1.807) is 54.6 Å². The molecule has 1 aliphatic heterocycles. The summed E-state index contributed by atoms with van der Waals surface area (Å²) in [5.74, 6) is -1.82. The minimum atomic E-state index is -0.939. The van der Waals surface area contributed by atoms with Crippen molar-refractivity contribution < 1.29 is 23.8 Å². The number of amides is 1. The number of aliphatic hydroxyl groups is 1. The first-order valence-electron chi connectivity index (χ1n) is 10.0. The minimum absolute atomic E-state index is 0.0510. The Morgan fingerprint density at radius 1 is 1.06 bits per heavy atom. The van der Waals surface area contributed by atoms with Crippen molar-refractivity contribution in [1.29, 1.82) is 0 Å². The fourth-order valence-electron chi connectivity index (χ4n) is 3.90. The molecule has 8 heteroatoms. The first kappa shape index (κ1) is 20.8. The molecule has 0 aliphatic carbocycles. The molecule has 0 saturated carbocycles. The number of hydrogen-bond acceptors (Lipinski definition) is 6. The third-order valence-electron chi connectivity index (χ3n) is 5.45. The van der Waals surface area contributed by atoms with Crippen LogP contribution in [-0.2, 0) is 9.59 Å². The summed E-state index contributed by atoms with van der Waals surface area (Å²) in [7, 11) is 1.52. The summed E-state index contributed by atoms with van der Waals surface area (Å²) in [4.78, 5) is 32.1. The quantitative estimate of drug-likeness (QED) is 0.261. The number of nitrogens with zero attached hydrogens (tertiary/aromatic N) is 2. The molecular formula is C25H17FN2O4S. The number of benzene rings is 3. The van der Waals surface area contributed by atoms with Crippen LogP contribution >= 0.6 is 11.3 Å². The zero-order valence-corrected chi connectivity index (χ0v) is 18.2. The summed E-state index contributed by atoms with van der Waals surface area (Å²) >= 11 is 1.10. The first-order chi connectivity index (χ1) is 16.0. The predicted octanol–water partition coefficient (Wildman–Crippen LogP) is 5.07. The molecule has 1 aromatic heterocycles. The molecule has 1 aliphatic rings. The number of fused-ring (bicyclic) bond motifs is 1. The lowest BCUT2D eigenvalue weighted by atomic mass is 9.95. The number of hydrogen-bond donors (Lipinski definition) is 1. The van der Waals surface area contributed by atoms with Gasteiger partial charge in [-0.3, -0.25) is 14.5 Å². The first-order valence-corrected chi connectivity index (χ1v) is 10.9. The van der Waals surface area contributed by atoms with E-state index in [1.165, 1.54) is 30.2 Å². The van der Waals surface area contributed by atoms with Crippen molar-refractivity contribution >= 4 is 44.1 Å². The van der Waals surface area contributed by atoms with Crippen LogP contribution in [0, 0.1) is 5.82 Å². The number of aliphatic hydroxyl groups excluding tert-OH is 1. The van der Waals surface area contributed by atoms with Gasteiger partial charge in [-0.05, 0) is 35.9 Å². The van der Waals surface area contributed by atoms with E-state index in [9.17, 15) is 19.1 Å². The summed E-state index contributed by atoms with van der Waals surface area (Å²) < 4.78 is 19.6. The molecule has 2 heterocycles. The zero-order valence-electron chi connectivity index (χ0n) is 17.4. The van der Waals surface area contributed by atoms with Gasteiger partial charge < -0.3 is 9.84 Å². The third-order valence-corrected chi connectivity index (χ3v) is 6.46. The van der Waals surface area contributed by atoms with Gasteiger partial charge in [0.25, 0.3) is 5.78 Å². The minimum Gasteiger partial charge on any atom is -0.507 e. The molecule has 164 valence electrons. The third kappa shape index (κ3) is 3.54. The van der Waals surface area contributed by atoms with Crippen LogP contribution in [0.25, 0.3) is 16.0 Å². The molecule has 5 rings (SSSR count). The smallest absolute Gasteiger partial charge is 0.301 e. The van der Waals surface area contributed by atoms with E-state index in [4.69, 9.17) is 4.74 Å². The van der Waals surface area contributed by atoms with Crippen LogP contribution in [0.1, 0.15) is 17.2 Å². The van der Waals surface area contributed by atoms with Gasteiger partial charge >= 0.3 is 5.91 Å². The summed E-state index contributed by atoms with van der Waals surface area (Å²) in [6, 6.07) is 18.7. The second-order valence-electron chi connectivity index (χ2n) is 7.42. The SMILES string of the molecule is COc1cccc([C@H]2/C(=C(\O)c3ccccc3)C(=O)C(=O)N2c2nc3ccc(F)cc3s2)c1. The Bertz CT molecular complexity index is 1430. The number of anilines is 1. The Hall–Kier alpha value is -4.04. The van der Waals surface area contributed by atoms with Gasteiger partial charge in [0, 0.05) is 5.56 Å². The number of methoxy groups -OCH3 is 1. The van der Waals surface area contributed by atoms with Crippen molar-refractivity contribution in [3.8, 4) is 5.75 Å². The number of carbonyl (C=O) groups excluding carboxylic acids is 2. The van der Waals surface area contributed by atoms with E-state index in [1.807, 2.05) is 0 Å². The van der Waals surface area contributed by atoms with Gasteiger partial charge in [0.2, 0.25) is 0 Å². The molecule has 3 aromatic carbocycles. The standard InChI is InChI=1S/C25H17FN2O4S/c1-32-17-9-5-8-15(12-17)21-20(22(29)14-6-3-2-4-7-14)23(30)24(31)28(21)25-27-18-11-10-16(26)13-19(18)33-25/h2-13,21,29H,1H3/b22-20+/t21-/m0/s1. The molecule has 1 atom stereocenters. The molecule has 6 nitrogen and oxygen atoms in total. The van der Waals surface area contributed by atoms with Crippen molar-refractivity contribution in [1.82, 2.24) is 4.98 Å². The average molecular weight is 460 g/mol. The number of aromatic nitrogens is 1. The lowest BCUT2D eigenvalue weighted by molar-refractivity contribution is -0.132. The maximum absolute atomic E-state index is 13.7. The molecule has 0 unspecified atom stereocenters. The molecule has 33 heavy (non-hydrogen) atoms. The number of halogens is 1. The van der Waals surface area contributed by atoms with Crippen LogP contribution in [0.3, 0.4) is 0 Å². The highest BCUT2D eigenvalue weighted by Gasteiger charge is 2.48. The summed E-state index contributed by atoms with van der Waals surface area (Å²) in [6.45, 7) is 0. The van der Waals surface area contributed by atoms with Gasteiger partial charge in [-0.15, -0.1) is 0 Å². The van der Waals surface area contributed by atoms with Crippen molar-refractivity contribution in [3.63, 3.8) is 0 Å². The second-order valence-corrected chi connectivity index (χ2v) is 8.43. The van der Waals surface area contributed by atoms with E-state index in [0.29, 0.717) is 27.1 Å². The number of Topliss-reactive ketones (excluding diaryl/α,β-unsaturated/α-hetero) is 1. The molecular weight excluding hydrogens is 443 g/mol. The molecule has 1 fully saturated rings. The number of thiazole rings is 1. The lowest BCUT2D eigenvalue weighted by Crippen LogP contribution is -2.29. The Labute approximate surface area is 192 Å². The van der Waals surface area contributed by atoms with Crippen LogP contribution in [0.2, 0.25) is 0 Å². The Balaban J connectivity index is 1.74. The zero-order chi connectivity index (χ0) is 23.1. The Morgan fingerprint density at radius 2 is 1.85 bits per heavy atom. The number of ketones is 1. The van der Waals surface area contributed by atoms with E-state index in [2.05, 4.69) is 4.98 Å². The highest BCUT2D eigenvalue weighted by atomic mass is 32.1. The molecule has 1 saturated heterocycles. The molecule has 1 amide bonds. The van der Waals surface area contributed by atoms with Crippen LogP contribution in [0.4, 0.5) is 9.52 Å². The van der Waals surface area contributed by atoms with E-state index in [-0.39, 0.29) is 16.5 Å². The number of rotatable bonds is 4. The van der Waals surface area contributed by atoms with Crippen LogP contribution in [0.15, 0.2) is 78.4 Å². The van der Waals surface area contributed by atoms with Crippen molar-refractivity contribution in [2.24, 2.45) is 0 Å². The number of ether oxygens (including phenoxy) is 1. The number of carbonyl (C=O) groups is 2. The average Bonchev–Trinajstić information content (AvgIpc) is 3.37. The van der Waals surface area contributed by atoms with Gasteiger partial charge in [0.15, 0.2) is 5.13 Å².